The van der Waals surface area contributed by atoms with Crippen molar-refractivity contribution in [3.63, 3.8) is 0 Å². The number of esters is 1. The van der Waals surface area contributed by atoms with Crippen LogP contribution in [0.3, 0.4) is 0 Å². The van der Waals surface area contributed by atoms with Gasteiger partial charge in [-0.3, -0.25) is 24.3 Å². The third kappa shape index (κ3) is 3.74. The second kappa shape index (κ2) is 8.61. The fraction of sp³-hybridized carbons (Fsp3) is 0.259. The lowest BCUT2D eigenvalue weighted by molar-refractivity contribution is -0.144. The molecular weight excluding hydrogens is 501 g/mol. The van der Waals surface area contributed by atoms with Crippen LogP contribution in [0.25, 0.3) is 0 Å². The molecule has 2 amide bonds. The van der Waals surface area contributed by atoms with Gasteiger partial charge in [0.2, 0.25) is 5.91 Å². The van der Waals surface area contributed by atoms with Gasteiger partial charge in [-0.15, -0.1) is 0 Å². The maximum absolute atomic E-state index is 14.5. The lowest BCUT2D eigenvalue weighted by Gasteiger charge is -2.43. The number of hydrogen-bond donors (Lipinski definition) is 1. The van der Waals surface area contributed by atoms with Gasteiger partial charge in [0.15, 0.2) is 5.54 Å². The van der Waals surface area contributed by atoms with E-state index in [2.05, 4.69) is 10.3 Å². The molecule has 5 rings (SSSR count). The van der Waals surface area contributed by atoms with Gasteiger partial charge in [0, 0.05) is 38.9 Å². The highest BCUT2D eigenvalue weighted by Crippen LogP contribution is 2.58. The molecule has 0 unspecified atom stereocenters. The molecule has 7 nitrogen and oxygen atoms in total. The summed E-state index contributed by atoms with van der Waals surface area (Å²) in [6, 6.07) is 16.5. The van der Waals surface area contributed by atoms with E-state index in [1.165, 1.54) is 4.90 Å². The van der Waals surface area contributed by atoms with Gasteiger partial charge in [-0.25, -0.2) is 0 Å². The van der Waals surface area contributed by atoms with Crippen LogP contribution < -0.4 is 15.0 Å². The fourth-order valence-electron chi connectivity index (χ4n) is 5.08. The first kappa shape index (κ1) is 24.3. The summed E-state index contributed by atoms with van der Waals surface area (Å²) in [5.41, 5.74) is -1.21. The van der Waals surface area contributed by atoms with Crippen molar-refractivity contribution in [1.29, 1.82) is 0 Å². The van der Waals surface area contributed by atoms with Crippen LogP contribution in [0.15, 0.2) is 66.9 Å². The zero-order valence-corrected chi connectivity index (χ0v) is 21.3. The lowest BCUT2D eigenvalue weighted by Crippen LogP contribution is -2.60. The third-order valence-corrected chi connectivity index (χ3v) is 6.86. The summed E-state index contributed by atoms with van der Waals surface area (Å²) in [6.07, 6.45) is 1.55. The monoisotopic (exact) mass is 523 g/mol. The first-order chi connectivity index (χ1) is 17.0. The molecule has 0 aliphatic carbocycles. The predicted octanol–water partition coefficient (Wildman–Crippen LogP) is 4.86. The molecule has 3 aromatic rings. The predicted molar refractivity (Wildman–Crippen MR) is 136 cm³/mol. The first-order valence-corrected chi connectivity index (χ1v) is 12.1. The van der Waals surface area contributed by atoms with Crippen LogP contribution in [0.2, 0.25) is 10.0 Å². The second-order valence-electron chi connectivity index (χ2n) is 9.89. The average Bonchev–Trinajstić information content (AvgIpc) is 3.10. The summed E-state index contributed by atoms with van der Waals surface area (Å²) < 4.78 is 5.57. The number of ether oxygens (including phenoxy) is 1. The Morgan fingerprint density at radius 1 is 1.03 bits per heavy atom. The van der Waals surface area contributed by atoms with E-state index in [0.29, 0.717) is 27.0 Å². The molecule has 9 heteroatoms. The Hall–Kier alpha value is -3.42. The summed E-state index contributed by atoms with van der Waals surface area (Å²) in [5, 5.41) is 3.88. The molecule has 1 fully saturated rings. The van der Waals surface area contributed by atoms with Gasteiger partial charge in [0.05, 0.1) is 5.69 Å². The molecule has 1 N–H and O–H groups in total. The number of fused-ring (bicyclic) bond motifs is 3. The van der Waals surface area contributed by atoms with Crippen LogP contribution in [0.5, 0.6) is 5.75 Å². The standard InChI is InChI=1S/C27H23Cl2N3O4/c1-26(2,3)31-25(35)27(20-6-4-5-13-30-20)22-18-14-16(29)9-12-19(18)36-24(34)21(22)23(33)32(27)17-10-7-15(28)8-11-17/h4-14,21-22H,1-3H3,(H,31,35)/t21-,22-,27-/m1/s1. The van der Waals surface area contributed by atoms with Gasteiger partial charge < -0.3 is 10.1 Å². The highest BCUT2D eigenvalue weighted by molar-refractivity contribution is 6.31. The molecule has 1 aromatic heterocycles. The number of aromatic nitrogens is 1. The average molecular weight is 524 g/mol. The smallest absolute Gasteiger partial charge is 0.324 e. The maximum atomic E-state index is 14.5. The van der Waals surface area contributed by atoms with E-state index in [4.69, 9.17) is 27.9 Å². The molecule has 184 valence electrons. The minimum absolute atomic E-state index is 0.250. The van der Waals surface area contributed by atoms with Crippen LogP contribution in [0.1, 0.15) is 37.9 Å². The Labute approximate surface area is 218 Å². The Bertz CT molecular complexity index is 1370. The number of carbonyl (C=O) groups excluding carboxylic acids is 3. The second-order valence-corrected chi connectivity index (χ2v) is 10.8. The van der Waals surface area contributed by atoms with Gasteiger partial charge in [0.25, 0.3) is 5.91 Å². The summed E-state index contributed by atoms with van der Waals surface area (Å²) in [5.74, 6) is -3.80. The summed E-state index contributed by atoms with van der Waals surface area (Å²) in [6.45, 7) is 5.54. The number of nitrogens with one attached hydrogen (secondary N) is 1. The molecule has 0 bridgehead atoms. The minimum Gasteiger partial charge on any atom is -0.426 e. The van der Waals surface area contributed by atoms with Crippen LogP contribution in [-0.4, -0.2) is 28.3 Å². The molecule has 1 saturated heterocycles. The number of pyridine rings is 1. The van der Waals surface area contributed by atoms with Gasteiger partial charge in [-0.2, -0.15) is 0 Å². The quantitative estimate of drug-likeness (QED) is 0.300. The van der Waals surface area contributed by atoms with E-state index >= 15 is 0 Å². The van der Waals surface area contributed by atoms with E-state index in [1.54, 1.807) is 66.9 Å². The molecular formula is C27H23Cl2N3O4. The van der Waals surface area contributed by atoms with Crippen LogP contribution in [0, 0.1) is 5.92 Å². The molecule has 3 atom stereocenters. The van der Waals surface area contributed by atoms with Crippen molar-refractivity contribution in [2.75, 3.05) is 4.90 Å². The molecule has 2 aliphatic rings. The third-order valence-electron chi connectivity index (χ3n) is 6.37. The van der Waals surface area contributed by atoms with Crippen molar-refractivity contribution in [3.05, 3.63) is 88.2 Å². The Morgan fingerprint density at radius 2 is 1.72 bits per heavy atom. The summed E-state index contributed by atoms with van der Waals surface area (Å²) >= 11 is 12.5. The van der Waals surface area contributed by atoms with Gasteiger partial charge in [-0.05, 0) is 75.4 Å². The van der Waals surface area contributed by atoms with E-state index < -0.39 is 40.7 Å². The summed E-state index contributed by atoms with van der Waals surface area (Å²) in [4.78, 5) is 47.9. The number of anilines is 1. The zero-order valence-electron chi connectivity index (χ0n) is 19.8. The molecule has 36 heavy (non-hydrogen) atoms. The highest BCUT2D eigenvalue weighted by Gasteiger charge is 2.69. The van der Waals surface area contributed by atoms with Gasteiger partial charge in [-0.1, -0.05) is 29.3 Å². The largest absolute Gasteiger partial charge is 0.426 e. The number of nitrogens with zero attached hydrogens (tertiary/aromatic N) is 2. The fourth-order valence-corrected chi connectivity index (χ4v) is 5.39. The van der Waals surface area contributed by atoms with Crippen molar-refractivity contribution in [2.24, 2.45) is 5.92 Å². The minimum atomic E-state index is -1.73. The van der Waals surface area contributed by atoms with Crippen molar-refractivity contribution >= 4 is 46.7 Å². The number of rotatable bonds is 3. The number of amides is 2. The van der Waals surface area contributed by atoms with Crippen LogP contribution in [0.4, 0.5) is 5.69 Å². The molecule has 0 spiro atoms. The van der Waals surface area contributed by atoms with Crippen molar-refractivity contribution < 1.29 is 19.1 Å². The topological polar surface area (TPSA) is 88.6 Å². The molecule has 0 saturated carbocycles. The highest BCUT2D eigenvalue weighted by atomic mass is 35.5. The Morgan fingerprint density at radius 3 is 2.36 bits per heavy atom. The Balaban J connectivity index is 1.89. The summed E-state index contributed by atoms with van der Waals surface area (Å²) in [7, 11) is 0. The SMILES string of the molecule is CC(C)(C)NC(=O)[C@@]1(c2ccccn2)[C@@H]2c3cc(Cl)ccc3OC(=O)[C@H]2C(=O)N1c1ccc(Cl)cc1. The number of carbonyl (C=O) groups is 3. The normalized spacial score (nSPS) is 23.1. The first-order valence-electron chi connectivity index (χ1n) is 11.4. The maximum Gasteiger partial charge on any atom is 0.324 e. The number of halogens is 2. The van der Waals surface area contributed by atoms with E-state index in [9.17, 15) is 14.4 Å². The molecule has 2 aromatic carbocycles. The zero-order chi connectivity index (χ0) is 25.8. The Kier molecular flexibility index (Phi) is 5.80. The number of benzene rings is 2. The van der Waals surface area contributed by atoms with E-state index in [-0.39, 0.29) is 5.75 Å². The molecule has 2 aliphatic heterocycles. The van der Waals surface area contributed by atoms with Crippen molar-refractivity contribution in [3.8, 4) is 5.75 Å². The van der Waals surface area contributed by atoms with E-state index in [0.717, 1.165) is 0 Å². The van der Waals surface area contributed by atoms with Gasteiger partial charge >= 0.3 is 5.97 Å². The van der Waals surface area contributed by atoms with Crippen molar-refractivity contribution in [2.45, 2.75) is 37.8 Å². The van der Waals surface area contributed by atoms with Gasteiger partial charge in [0.1, 0.15) is 11.7 Å². The van der Waals surface area contributed by atoms with Crippen LogP contribution in [-0.2, 0) is 19.9 Å². The van der Waals surface area contributed by atoms with Crippen LogP contribution >= 0.6 is 23.2 Å². The van der Waals surface area contributed by atoms with Crippen molar-refractivity contribution in [1.82, 2.24) is 10.3 Å². The van der Waals surface area contributed by atoms with E-state index in [1.807, 2.05) is 20.8 Å². The molecule has 3 heterocycles. The molecule has 0 radical (unpaired) electrons. The lowest BCUT2D eigenvalue weighted by atomic mass is 9.70. The number of hydrogen-bond acceptors (Lipinski definition) is 5.